The van der Waals surface area contributed by atoms with Gasteiger partial charge in [-0.15, -0.1) is 0 Å². The second kappa shape index (κ2) is 4.37. The Hall–Kier alpha value is -0.960. The minimum absolute atomic E-state index is 0.0649. The summed E-state index contributed by atoms with van der Waals surface area (Å²) < 4.78 is 63.5. The lowest BCUT2D eigenvalue weighted by atomic mass is 10.0. The summed E-state index contributed by atoms with van der Waals surface area (Å²) in [6, 6.07) is 2.76. The summed E-state index contributed by atoms with van der Waals surface area (Å²) in [5, 5.41) is 0. The molecule has 0 atom stereocenters. The van der Waals surface area contributed by atoms with Gasteiger partial charge in [-0.3, -0.25) is 4.55 Å². The first-order valence-corrected chi connectivity index (χ1v) is 7.45. The Balaban J connectivity index is 3.60. The monoisotopic (exact) mass is 279 g/mol. The van der Waals surface area contributed by atoms with E-state index in [1.54, 1.807) is 13.8 Å². The van der Waals surface area contributed by atoms with Gasteiger partial charge in [0.25, 0.3) is 10.1 Å². The van der Waals surface area contributed by atoms with Gasteiger partial charge in [-0.05, 0) is 29.7 Å². The van der Waals surface area contributed by atoms with Crippen LogP contribution in [0.3, 0.4) is 0 Å². The van der Waals surface area contributed by atoms with Crippen molar-refractivity contribution in [3.05, 3.63) is 23.8 Å². The maximum absolute atomic E-state index is 11.0. The van der Waals surface area contributed by atoms with Gasteiger partial charge in [0.05, 0.1) is 9.79 Å². The molecule has 0 aliphatic carbocycles. The predicted molar refractivity (Wildman–Crippen MR) is 58.3 cm³/mol. The summed E-state index contributed by atoms with van der Waals surface area (Å²) in [6.45, 7) is 3.22. The van der Waals surface area contributed by atoms with E-state index in [4.69, 9.17) is 4.55 Å². The molecule has 0 radical (unpaired) electrons. The van der Waals surface area contributed by atoms with Crippen molar-refractivity contribution in [2.24, 2.45) is 0 Å². The zero-order chi connectivity index (χ0) is 13.4. The van der Waals surface area contributed by atoms with Gasteiger partial charge >= 0.3 is 0 Å². The predicted octanol–water partition coefficient (Wildman–Crippen LogP) is 0.961. The highest BCUT2D eigenvalue weighted by Crippen LogP contribution is 2.26. The van der Waals surface area contributed by atoms with Crippen LogP contribution in [-0.2, 0) is 20.2 Å². The van der Waals surface area contributed by atoms with Crippen molar-refractivity contribution in [2.45, 2.75) is 29.6 Å². The molecular formula is C9H11O6S2-. The van der Waals surface area contributed by atoms with Crippen LogP contribution in [-0.4, -0.2) is 25.9 Å². The van der Waals surface area contributed by atoms with Gasteiger partial charge in [0.15, 0.2) is 0 Å². The SMILES string of the molecule is CC(C)c1cc(S(=O)(=O)O)ccc1S(=O)(=O)[O-]. The van der Waals surface area contributed by atoms with Gasteiger partial charge in [-0.1, -0.05) is 13.8 Å². The van der Waals surface area contributed by atoms with Crippen molar-refractivity contribution in [2.75, 3.05) is 0 Å². The van der Waals surface area contributed by atoms with Gasteiger partial charge in [0.1, 0.15) is 10.1 Å². The summed E-state index contributed by atoms with van der Waals surface area (Å²) in [4.78, 5) is -0.909. The highest BCUT2D eigenvalue weighted by Gasteiger charge is 2.17. The fourth-order valence-electron chi connectivity index (χ4n) is 1.37. The standard InChI is InChI=1S/C9H12O6S2/c1-6(2)8-5-7(16(10,11)12)3-4-9(8)17(13,14)15/h3-6H,1-2H3,(H,10,11,12)(H,13,14,15)/p-1. The Bertz CT molecular complexity index is 627. The maximum atomic E-state index is 11.0. The van der Waals surface area contributed by atoms with E-state index in [1.807, 2.05) is 0 Å². The van der Waals surface area contributed by atoms with Gasteiger partial charge in [0, 0.05) is 0 Å². The third-order valence-corrected chi connectivity index (χ3v) is 3.93. The van der Waals surface area contributed by atoms with Crippen LogP contribution in [0.4, 0.5) is 0 Å². The quantitative estimate of drug-likeness (QED) is 0.825. The third kappa shape index (κ3) is 3.25. The van der Waals surface area contributed by atoms with Crippen LogP contribution in [0.1, 0.15) is 25.3 Å². The molecule has 1 aromatic carbocycles. The van der Waals surface area contributed by atoms with Gasteiger partial charge < -0.3 is 4.55 Å². The topological polar surface area (TPSA) is 112 Å². The third-order valence-electron chi connectivity index (χ3n) is 2.17. The Morgan fingerprint density at radius 2 is 1.71 bits per heavy atom. The van der Waals surface area contributed by atoms with Crippen LogP contribution >= 0.6 is 0 Å². The molecule has 0 aliphatic heterocycles. The average Bonchev–Trinajstić information content (AvgIpc) is 2.14. The van der Waals surface area contributed by atoms with Crippen molar-refractivity contribution in [1.29, 1.82) is 0 Å². The number of rotatable bonds is 3. The van der Waals surface area contributed by atoms with Crippen LogP contribution in [0.25, 0.3) is 0 Å². The molecule has 96 valence electrons. The average molecular weight is 279 g/mol. The van der Waals surface area contributed by atoms with Crippen molar-refractivity contribution < 1.29 is 25.9 Å². The van der Waals surface area contributed by atoms with Crippen LogP contribution in [0.2, 0.25) is 0 Å². The first-order valence-electron chi connectivity index (χ1n) is 4.61. The summed E-state index contributed by atoms with van der Waals surface area (Å²) in [6.07, 6.45) is 0. The molecule has 1 N–H and O–H groups in total. The van der Waals surface area contributed by atoms with Gasteiger partial charge in [0.2, 0.25) is 0 Å². The summed E-state index contributed by atoms with van der Waals surface area (Å²) in [7, 11) is -9.09. The van der Waals surface area contributed by atoms with E-state index < -0.39 is 30.0 Å². The smallest absolute Gasteiger partial charge is 0.294 e. The van der Waals surface area contributed by atoms with Gasteiger partial charge in [-0.2, -0.15) is 8.42 Å². The Morgan fingerprint density at radius 1 is 1.18 bits per heavy atom. The first kappa shape index (κ1) is 14.1. The molecule has 8 heteroatoms. The fourth-order valence-corrected chi connectivity index (χ4v) is 2.70. The second-order valence-corrected chi connectivity index (χ2v) is 6.55. The zero-order valence-electron chi connectivity index (χ0n) is 9.11. The largest absolute Gasteiger partial charge is 0.744 e. The molecule has 0 saturated heterocycles. The van der Waals surface area contributed by atoms with E-state index in [0.717, 1.165) is 18.2 Å². The van der Waals surface area contributed by atoms with E-state index in [-0.39, 0.29) is 11.5 Å². The van der Waals surface area contributed by atoms with Crippen molar-refractivity contribution >= 4 is 20.2 Å². The van der Waals surface area contributed by atoms with Crippen molar-refractivity contribution in [1.82, 2.24) is 0 Å². The zero-order valence-corrected chi connectivity index (χ0v) is 10.7. The fraction of sp³-hybridized carbons (Fsp3) is 0.333. The van der Waals surface area contributed by atoms with Crippen LogP contribution < -0.4 is 0 Å². The summed E-state index contributed by atoms with van der Waals surface area (Å²) >= 11 is 0. The molecule has 17 heavy (non-hydrogen) atoms. The molecule has 6 nitrogen and oxygen atoms in total. The number of benzene rings is 1. The van der Waals surface area contributed by atoms with Crippen LogP contribution in [0, 0.1) is 0 Å². The molecule has 0 amide bonds. The first-order chi connectivity index (χ1) is 7.53. The molecule has 0 aromatic heterocycles. The molecule has 0 unspecified atom stereocenters. The molecule has 0 aliphatic rings. The van der Waals surface area contributed by atoms with E-state index >= 15 is 0 Å². The molecule has 0 spiro atoms. The molecule has 1 aromatic rings. The van der Waals surface area contributed by atoms with E-state index in [9.17, 15) is 21.4 Å². The Labute approximate surface area is 99.8 Å². The summed E-state index contributed by atoms with van der Waals surface area (Å²) in [5.74, 6) is -0.365. The molecule has 0 heterocycles. The minimum Gasteiger partial charge on any atom is -0.744 e. The van der Waals surface area contributed by atoms with Gasteiger partial charge in [-0.25, -0.2) is 8.42 Å². The lowest BCUT2D eigenvalue weighted by Crippen LogP contribution is -2.07. The van der Waals surface area contributed by atoms with Crippen LogP contribution in [0.5, 0.6) is 0 Å². The molecule has 1 rings (SSSR count). The highest BCUT2D eigenvalue weighted by molar-refractivity contribution is 7.86. The molecule has 0 fully saturated rings. The normalized spacial score (nSPS) is 13.0. The number of hydrogen-bond acceptors (Lipinski definition) is 5. The molecular weight excluding hydrogens is 268 g/mol. The van der Waals surface area contributed by atoms with E-state index in [2.05, 4.69) is 0 Å². The van der Waals surface area contributed by atoms with Crippen LogP contribution in [0.15, 0.2) is 28.0 Å². The Morgan fingerprint density at radius 3 is 2.06 bits per heavy atom. The summed E-state index contributed by atoms with van der Waals surface area (Å²) in [5.41, 5.74) is 0.0649. The van der Waals surface area contributed by atoms with Crippen molar-refractivity contribution in [3.63, 3.8) is 0 Å². The Kier molecular flexibility index (Phi) is 3.63. The molecule has 0 saturated carbocycles. The van der Waals surface area contributed by atoms with E-state index in [1.165, 1.54) is 0 Å². The lowest BCUT2D eigenvalue weighted by Gasteiger charge is -2.16. The number of hydrogen-bond donors (Lipinski definition) is 1. The maximum Gasteiger partial charge on any atom is 0.294 e. The second-order valence-electron chi connectivity index (χ2n) is 3.78. The minimum atomic E-state index is -4.67. The highest BCUT2D eigenvalue weighted by atomic mass is 32.2. The molecule has 0 bridgehead atoms. The van der Waals surface area contributed by atoms with Crippen molar-refractivity contribution in [3.8, 4) is 0 Å². The lowest BCUT2D eigenvalue weighted by molar-refractivity contribution is 0.460. The van der Waals surface area contributed by atoms with E-state index in [0.29, 0.717) is 0 Å².